The summed E-state index contributed by atoms with van der Waals surface area (Å²) in [6.07, 6.45) is 1.92. The first-order chi connectivity index (χ1) is 12.6. The molecule has 6 nitrogen and oxygen atoms in total. The molecular weight excluding hydrogens is 350 g/mol. The van der Waals surface area contributed by atoms with Gasteiger partial charge in [0.05, 0.1) is 10.7 Å². The van der Waals surface area contributed by atoms with E-state index in [9.17, 15) is 4.79 Å². The molecule has 1 unspecified atom stereocenters. The molecule has 1 fully saturated rings. The second-order valence-electron chi connectivity index (χ2n) is 6.65. The number of carbonyl (C=O) groups excluding carboxylic acids is 1. The summed E-state index contributed by atoms with van der Waals surface area (Å²) in [7, 11) is 0. The molecule has 134 valence electrons. The molecule has 4 rings (SSSR count). The fraction of sp³-hybridized carbons (Fsp3) is 0.316. The summed E-state index contributed by atoms with van der Waals surface area (Å²) in [6.45, 7) is 3.54. The van der Waals surface area contributed by atoms with Crippen molar-refractivity contribution in [1.82, 2.24) is 20.5 Å². The summed E-state index contributed by atoms with van der Waals surface area (Å²) < 4.78 is 0. The maximum Gasteiger partial charge on any atom is 0.269 e. The van der Waals surface area contributed by atoms with Crippen molar-refractivity contribution < 1.29 is 4.79 Å². The number of hydrogen-bond acceptors (Lipinski definition) is 4. The number of nitrogens with one attached hydrogen (secondary N) is 2. The van der Waals surface area contributed by atoms with Gasteiger partial charge in [0.15, 0.2) is 5.82 Å². The minimum Gasteiger partial charge on any atom is -0.353 e. The molecule has 1 aromatic carbocycles. The zero-order valence-electron chi connectivity index (χ0n) is 14.5. The molecule has 0 radical (unpaired) electrons. The van der Waals surface area contributed by atoms with Gasteiger partial charge in [0.2, 0.25) is 0 Å². The fourth-order valence-corrected chi connectivity index (χ4v) is 3.68. The molecule has 1 saturated heterocycles. The van der Waals surface area contributed by atoms with Crippen molar-refractivity contribution >= 4 is 34.2 Å². The van der Waals surface area contributed by atoms with Crippen molar-refractivity contribution in [3.8, 4) is 0 Å². The summed E-state index contributed by atoms with van der Waals surface area (Å²) in [4.78, 5) is 18.0. The standard InChI is InChI=1S/C19H20ClN5O/c1-12-8-9-16(24-23-12)25-10-4-5-13(11-25)21-19(26)18-17(20)14-6-2-3-7-15(14)22-18/h2-3,6-9,13,22H,4-5,10-11H2,1H3,(H,21,26). The Hall–Kier alpha value is -2.60. The maximum absolute atomic E-state index is 12.7. The van der Waals surface area contributed by atoms with Crippen LogP contribution in [0, 0.1) is 6.92 Å². The molecule has 1 atom stereocenters. The number of aromatic nitrogens is 3. The van der Waals surface area contributed by atoms with Crippen LogP contribution in [0.2, 0.25) is 5.02 Å². The number of H-pyrrole nitrogens is 1. The third-order valence-corrected chi connectivity index (χ3v) is 5.13. The van der Waals surface area contributed by atoms with Gasteiger partial charge in [0.25, 0.3) is 5.91 Å². The van der Waals surface area contributed by atoms with Crippen LogP contribution in [0.5, 0.6) is 0 Å². The van der Waals surface area contributed by atoms with E-state index >= 15 is 0 Å². The molecule has 26 heavy (non-hydrogen) atoms. The van der Waals surface area contributed by atoms with Crippen LogP contribution in [0.4, 0.5) is 5.82 Å². The normalized spacial score (nSPS) is 17.5. The second-order valence-corrected chi connectivity index (χ2v) is 7.03. The molecular formula is C19H20ClN5O. The number of aryl methyl sites for hydroxylation is 1. The molecule has 3 heterocycles. The molecule has 0 spiro atoms. The Morgan fingerprint density at radius 1 is 1.27 bits per heavy atom. The summed E-state index contributed by atoms with van der Waals surface area (Å²) in [5.41, 5.74) is 2.17. The Bertz CT molecular complexity index is 937. The van der Waals surface area contributed by atoms with Crippen molar-refractivity contribution in [2.24, 2.45) is 0 Å². The molecule has 7 heteroatoms. The van der Waals surface area contributed by atoms with E-state index in [4.69, 9.17) is 11.6 Å². The predicted molar refractivity (Wildman–Crippen MR) is 103 cm³/mol. The van der Waals surface area contributed by atoms with Crippen molar-refractivity contribution in [3.63, 3.8) is 0 Å². The monoisotopic (exact) mass is 369 g/mol. The average molecular weight is 370 g/mol. The van der Waals surface area contributed by atoms with Crippen LogP contribution in [0.25, 0.3) is 10.9 Å². The van der Waals surface area contributed by atoms with E-state index in [1.807, 2.05) is 43.3 Å². The van der Waals surface area contributed by atoms with E-state index in [1.165, 1.54) is 0 Å². The van der Waals surface area contributed by atoms with Crippen LogP contribution in [-0.4, -0.2) is 40.2 Å². The molecule has 1 amide bonds. The molecule has 0 aliphatic carbocycles. The lowest BCUT2D eigenvalue weighted by Crippen LogP contribution is -2.48. The number of para-hydroxylation sites is 1. The topological polar surface area (TPSA) is 73.9 Å². The molecule has 0 saturated carbocycles. The van der Waals surface area contributed by atoms with Crippen LogP contribution < -0.4 is 10.2 Å². The van der Waals surface area contributed by atoms with Gasteiger partial charge in [-0.05, 0) is 38.0 Å². The second kappa shape index (κ2) is 6.96. The summed E-state index contributed by atoms with van der Waals surface area (Å²) >= 11 is 6.39. The van der Waals surface area contributed by atoms with Crippen LogP contribution in [0.1, 0.15) is 29.0 Å². The number of piperidine rings is 1. The number of amides is 1. The highest BCUT2D eigenvalue weighted by atomic mass is 35.5. The third-order valence-electron chi connectivity index (χ3n) is 4.73. The van der Waals surface area contributed by atoms with Gasteiger partial charge >= 0.3 is 0 Å². The van der Waals surface area contributed by atoms with Gasteiger partial charge in [-0.1, -0.05) is 29.8 Å². The predicted octanol–water partition coefficient (Wildman–Crippen LogP) is 3.32. The number of nitrogens with zero attached hydrogens (tertiary/aromatic N) is 3. The minimum atomic E-state index is -0.173. The van der Waals surface area contributed by atoms with Gasteiger partial charge < -0.3 is 15.2 Å². The lowest BCUT2D eigenvalue weighted by atomic mass is 10.1. The van der Waals surface area contributed by atoms with E-state index in [-0.39, 0.29) is 11.9 Å². The third kappa shape index (κ3) is 3.24. The molecule has 1 aliphatic rings. The summed E-state index contributed by atoms with van der Waals surface area (Å²) in [5.74, 6) is 0.672. The van der Waals surface area contributed by atoms with E-state index in [2.05, 4.69) is 25.4 Å². The van der Waals surface area contributed by atoms with Gasteiger partial charge in [-0.15, -0.1) is 5.10 Å². The first kappa shape index (κ1) is 16.8. The number of anilines is 1. The lowest BCUT2D eigenvalue weighted by Gasteiger charge is -2.33. The number of rotatable bonds is 3. The fourth-order valence-electron chi connectivity index (χ4n) is 3.39. The van der Waals surface area contributed by atoms with E-state index in [1.54, 1.807) is 0 Å². The number of aromatic amines is 1. The maximum atomic E-state index is 12.7. The van der Waals surface area contributed by atoms with Crippen molar-refractivity contribution in [3.05, 3.63) is 52.8 Å². The van der Waals surface area contributed by atoms with Gasteiger partial charge in [0.1, 0.15) is 5.69 Å². The minimum absolute atomic E-state index is 0.0434. The highest BCUT2D eigenvalue weighted by molar-refractivity contribution is 6.38. The Balaban J connectivity index is 1.48. The summed E-state index contributed by atoms with van der Waals surface area (Å²) in [6, 6.07) is 11.6. The largest absolute Gasteiger partial charge is 0.353 e. The first-order valence-corrected chi connectivity index (χ1v) is 9.12. The Morgan fingerprint density at radius 2 is 2.12 bits per heavy atom. The molecule has 0 bridgehead atoms. The lowest BCUT2D eigenvalue weighted by molar-refractivity contribution is 0.0929. The Labute approximate surface area is 156 Å². The summed E-state index contributed by atoms with van der Waals surface area (Å²) in [5, 5.41) is 12.8. The average Bonchev–Trinajstić information content (AvgIpc) is 3.00. The number of halogens is 1. The Morgan fingerprint density at radius 3 is 2.88 bits per heavy atom. The van der Waals surface area contributed by atoms with E-state index in [0.717, 1.165) is 41.8 Å². The smallest absolute Gasteiger partial charge is 0.269 e. The van der Waals surface area contributed by atoms with Crippen molar-refractivity contribution in [2.45, 2.75) is 25.8 Å². The zero-order chi connectivity index (χ0) is 18.1. The first-order valence-electron chi connectivity index (χ1n) is 8.74. The highest BCUT2D eigenvalue weighted by Crippen LogP contribution is 2.27. The molecule has 2 N–H and O–H groups in total. The van der Waals surface area contributed by atoms with Crippen LogP contribution in [0.15, 0.2) is 36.4 Å². The number of carbonyl (C=O) groups is 1. The number of benzene rings is 1. The van der Waals surface area contributed by atoms with Crippen molar-refractivity contribution in [1.29, 1.82) is 0 Å². The molecule has 3 aromatic rings. The number of hydrogen-bond donors (Lipinski definition) is 2. The van der Waals surface area contributed by atoms with Gasteiger partial charge in [-0.25, -0.2) is 0 Å². The van der Waals surface area contributed by atoms with E-state index < -0.39 is 0 Å². The zero-order valence-corrected chi connectivity index (χ0v) is 15.3. The van der Waals surface area contributed by atoms with Crippen molar-refractivity contribution in [2.75, 3.05) is 18.0 Å². The van der Waals surface area contributed by atoms with Gasteiger partial charge in [-0.3, -0.25) is 4.79 Å². The SMILES string of the molecule is Cc1ccc(N2CCCC(NC(=O)c3[nH]c4ccccc4c3Cl)C2)nn1. The quantitative estimate of drug-likeness (QED) is 0.742. The highest BCUT2D eigenvalue weighted by Gasteiger charge is 2.25. The van der Waals surface area contributed by atoms with Gasteiger partial charge in [-0.2, -0.15) is 5.10 Å². The molecule has 1 aliphatic heterocycles. The van der Waals surface area contributed by atoms with E-state index in [0.29, 0.717) is 17.3 Å². The van der Waals surface area contributed by atoms with Crippen LogP contribution >= 0.6 is 11.6 Å². The van der Waals surface area contributed by atoms with Crippen LogP contribution in [-0.2, 0) is 0 Å². The number of fused-ring (bicyclic) bond motifs is 1. The molecule has 2 aromatic heterocycles. The Kier molecular flexibility index (Phi) is 4.51. The van der Waals surface area contributed by atoms with Crippen LogP contribution in [0.3, 0.4) is 0 Å². The van der Waals surface area contributed by atoms with Gasteiger partial charge in [0, 0.05) is 30.0 Å².